The lowest BCUT2D eigenvalue weighted by Gasteiger charge is -2.34. The zero-order chi connectivity index (χ0) is 28.3. The fourth-order valence-corrected chi connectivity index (χ4v) is 8.08. The summed E-state index contributed by atoms with van der Waals surface area (Å²) in [6, 6.07) is 10.2. The number of likely N-dealkylation sites (N-methyl/N-ethyl adjacent to an activating group) is 1. The Labute approximate surface area is 248 Å². The number of sulfonamides is 1. The van der Waals surface area contributed by atoms with Gasteiger partial charge in [-0.15, -0.1) is 12.4 Å². The first-order chi connectivity index (χ1) is 18.6. The number of amides is 1. The summed E-state index contributed by atoms with van der Waals surface area (Å²) in [4.78, 5) is 22.9. The number of fused-ring (bicyclic) bond motifs is 1. The van der Waals surface area contributed by atoms with E-state index in [1.807, 2.05) is 19.1 Å². The Morgan fingerprint density at radius 3 is 2.25 bits per heavy atom. The predicted octanol–water partition coefficient (Wildman–Crippen LogP) is 5.69. The van der Waals surface area contributed by atoms with Crippen molar-refractivity contribution in [3.05, 3.63) is 47.5 Å². The highest BCUT2D eigenvalue weighted by atomic mass is 35.5. The molecule has 4 rings (SSSR count). The van der Waals surface area contributed by atoms with E-state index < -0.39 is 10.0 Å². The van der Waals surface area contributed by atoms with Gasteiger partial charge in [0.1, 0.15) is 11.3 Å². The van der Waals surface area contributed by atoms with E-state index in [1.165, 1.54) is 11.3 Å². The average Bonchev–Trinajstić information content (AvgIpc) is 3.37. The molecule has 2 atom stereocenters. The van der Waals surface area contributed by atoms with Gasteiger partial charge < -0.3 is 9.64 Å². The number of hydrogen-bond acceptors (Lipinski definition) is 7. The molecule has 220 valence electrons. The number of hydrogen-bond donors (Lipinski definition) is 0. The predicted molar refractivity (Wildman–Crippen MR) is 166 cm³/mol. The van der Waals surface area contributed by atoms with Gasteiger partial charge in [-0.1, -0.05) is 45.1 Å². The Bertz CT molecular complexity index is 1400. The van der Waals surface area contributed by atoms with Crippen LogP contribution in [-0.2, 0) is 10.0 Å². The molecule has 0 spiro atoms. The van der Waals surface area contributed by atoms with Crippen molar-refractivity contribution in [3.63, 3.8) is 0 Å². The number of rotatable bonds is 10. The summed E-state index contributed by atoms with van der Waals surface area (Å²) >= 11 is 1.47. The number of anilines is 1. The molecule has 0 saturated carbocycles. The molecule has 2 unspecified atom stereocenters. The SMILES string of the molecule is CCN(CC)CCN(C(=O)c1ccc(S(=O)(=O)N2CC(C)CC(C)C2)cc1)c1nc2c(OC)ccc(C)c2s1.Cl. The maximum Gasteiger partial charge on any atom is 0.260 e. The third-order valence-electron chi connectivity index (χ3n) is 7.50. The molecule has 0 bridgehead atoms. The number of ether oxygens (including phenoxy) is 1. The lowest BCUT2D eigenvalue weighted by atomic mass is 9.94. The van der Waals surface area contributed by atoms with Crippen LogP contribution in [0.2, 0.25) is 0 Å². The second-order valence-corrected chi connectivity index (χ2v) is 13.5. The third kappa shape index (κ3) is 6.79. The summed E-state index contributed by atoms with van der Waals surface area (Å²) in [6.07, 6.45) is 1.03. The van der Waals surface area contributed by atoms with Crippen LogP contribution in [-0.4, -0.2) is 74.9 Å². The van der Waals surface area contributed by atoms with Crippen molar-refractivity contribution in [2.24, 2.45) is 11.8 Å². The standard InChI is InChI=1S/C29H40N4O4S2.ClH/c1-7-31(8-2)15-16-33(29-30-26-25(37-6)14-9-22(5)27(26)38-29)28(34)23-10-12-24(13-11-23)39(35,36)32-18-20(3)17-21(4)19-32;/h9-14,20-21H,7-8,15-19H2,1-6H3;1H. The highest BCUT2D eigenvalue weighted by molar-refractivity contribution is 7.89. The Balaban J connectivity index is 0.00000441. The van der Waals surface area contributed by atoms with Crippen molar-refractivity contribution < 1.29 is 17.9 Å². The van der Waals surface area contributed by atoms with E-state index in [0.29, 0.717) is 54.5 Å². The lowest BCUT2D eigenvalue weighted by Crippen LogP contribution is -2.42. The molecule has 3 aromatic rings. The molecule has 8 nitrogen and oxygen atoms in total. The second kappa shape index (κ2) is 13.6. The van der Waals surface area contributed by atoms with Crippen LogP contribution in [0.5, 0.6) is 5.75 Å². The van der Waals surface area contributed by atoms with E-state index in [2.05, 4.69) is 32.6 Å². The number of carbonyl (C=O) groups excluding carboxylic acids is 1. The van der Waals surface area contributed by atoms with Gasteiger partial charge in [-0.3, -0.25) is 9.69 Å². The van der Waals surface area contributed by atoms with Crippen LogP contribution in [0.1, 0.15) is 50.0 Å². The monoisotopic (exact) mass is 608 g/mol. The number of nitrogens with zero attached hydrogens (tertiary/aromatic N) is 4. The van der Waals surface area contributed by atoms with E-state index in [0.717, 1.165) is 35.3 Å². The zero-order valence-electron chi connectivity index (χ0n) is 24.2. The molecule has 11 heteroatoms. The average molecular weight is 609 g/mol. The first kappa shape index (κ1) is 32.3. The molecule has 1 aromatic heterocycles. The van der Waals surface area contributed by atoms with Gasteiger partial charge in [0.05, 0.1) is 16.7 Å². The Morgan fingerprint density at radius 1 is 1.05 bits per heavy atom. The highest BCUT2D eigenvalue weighted by Crippen LogP contribution is 2.37. The van der Waals surface area contributed by atoms with Crippen LogP contribution >= 0.6 is 23.7 Å². The van der Waals surface area contributed by atoms with Crippen LogP contribution < -0.4 is 9.64 Å². The molecule has 1 saturated heterocycles. The smallest absolute Gasteiger partial charge is 0.260 e. The van der Waals surface area contributed by atoms with Gasteiger partial charge in [0.2, 0.25) is 10.0 Å². The molecule has 1 aliphatic rings. The van der Waals surface area contributed by atoms with Gasteiger partial charge in [-0.2, -0.15) is 4.31 Å². The van der Waals surface area contributed by atoms with E-state index in [1.54, 1.807) is 40.6 Å². The third-order valence-corrected chi connectivity index (χ3v) is 10.6. The number of carbonyl (C=O) groups is 1. The number of benzene rings is 2. The first-order valence-corrected chi connectivity index (χ1v) is 15.9. The Morgan fingerprint density at radius 2 is 1.68 bits per heavy atom. The molecule has 1 aliphatic heterocycles. The molecule has 2 heterocycles. The number of aromatic nitrogens is 1. The van der Waals surface area contributed by atoms with Crippen molar-refractivity contribution in [3.8, 4) is 5.75 Å². The summed E-state index contributed by atoms with van der Waals surface area (Å²) in [7, 11) is -2.00. The molecule has 0 N–H and O–H groups in total. The molecule has 0 radical (unpaired) electrons. The van der Waals surface area contributed by atoms with Crippen LogP contribution in [0.25, 0.3) is 10.2 Å². The van der Waals surface area contributed by atoms with Crippen LogP contribution in [0.4, 0.5) is 5.13 Å². The number of aryl methyl sites for hydroxylation is 1. The Kier molecular flexibility index (Phi) is 11.0. The molecular weight excluding hydrogens is 568 g/mol. The normalized spacial score (nSPS) is 18.1. The van der Waals surface area contributed by atoms with E-state index in [-0.39, 0.29) is 23.2 Å². The van der Waals surface area contributed by atoms with Crippen LogP contribution in [0.15, 0.2) is 41.3 Å². The number of halogens is 1. The summed E-state index contributed by atoms with van der Waals surface area (Å²) in [6.45, 7) is 14.4. The molecule has 1 fully saturated rings. The van der Waals surface area contributed by atoms with Gasteiger partial charge >= 0.3 is 0 Å². The summed E-state index contributed by atoms with van der Waals surface area (Å²) in [5.74, 6) is 1.10. The van der Waals surface area contributed by atoms with Gasteiger partial charge in [-0.05, 0) is 74.2 Å². The number of piperidine rings is 1. The van der Waals surface area contributed by atoms with E-state index in [9.17, 15) is 13.2 Å². The van der Waals surface area contributed by atoms with Crippen molar-refractivity contribution in [1.29, 1.82) is 0 Å². The lowest BCUT2D eigenvalue weighted by molar-refractivity contribution is 0.0983. The van der Waals surface area contributed by atoms with E-state index in [4.69, 9.17) is 9.72 Å². The zero-order valence-corrected chi connectivity index (χ0v) is 26.7. The van der Waals surface area contributed by atoms with Gasteiger partial charge in [0.15, 0.2) is 5.13 Å². The quantitative estimate of drug-likeness (QED) is 0.294. The maximum atomic E-state index is 13.9. The minimum Gasteiger partial charge on any atom is -0.494 e. The largest absolute Gasteiger partial charge is 0.494 e. The topological polar surface area (TPSA) is 83.1 Å². The van der Waals surface area contributed by atoms with Gasteiger partial charge in [0, 0.05) is 31.7 Å². The minimum atomic E-state index is -3.62. The van der Waals surface area contributed by atoms with Crippen LogP contribution in [0, 0.1) is 18.8 Å². The molecule has 40 heavy (non-hydrogen) atoms. The number of methoxy groups -OCH3 is 1. The summed E-state index contributed by atoms with van der Waals surface area (Å²) in [5.41, 5.74) is 2.24. The van der Waals surface area contributed by atoms with Crippen molar-refractivity contribution >= 4 is 55.0 Å². The maximum absolute atomic E-state index is 13.9. The fourth-order valence-electron chi connectivity index (χ4n) is 5.32. The number of thiazole rings is 1. The first-order valence-electron chi connectivity index (χ1n) is 13.7. The van der Waals surface area contributed by atoms with Crippen LogP contribution in [0.3, 0.4) is 0 Å². The minimum absolute atomic E-state index is 0. The highest BCUT2D eigenvalue weighted by Gasteiger charge is 2.32. The van der Waals surface area contributed by atoms with Crippen molar-refractivity contribution in [1.82, 2.24) is 14.2 Å². The van der Waals surface area contributed by atoms with Gasteiger partial charge in [0.25, 0.3) is 5.91 Å². The molecule has 2 aromatic carbocycles. The van der Waals surface area contributed by atoms with E-state index >= 15 is 0 Å². The van der Waals surface area contributed by atoms with Crippen molar-refractivity contribution in [2.45, 2.75) is 45.9 Å². The van der Waals surface area contributed by atoms with Crippen molar-refractivity contribution in [2.75, 3.05) is 51.3 Å². The second-order valence-electron chi connectivity index (χ2n) is 10.5. The molecule has 0 aliphatic carbocycles. The fraction of sp³-hybridized carbons (Fsp3) is 0.517. The summed E-state index contributed by atoms with van der Waals surface area (Å²) < 4.78 is 34.8. The molecule has 1 amide bonds. The molecular formula is C29H41ClN4O4S2. The summed E-state index contributed by atoms with van der Waals surface area (Å²) in [5, 5.41) is 0.600. The van der Waals surface area contributed by atoms with Gasteiger partial charge in [-0.25, -0.2) is 13.4 Å². The Hall–Kier alpha value is -2.24.